The second kappa shape index (κ2) is 12.2. The van der Waals surface area contributed by atoms with Gasteiger partial charge in [-0.2, -0.15) is 13.2 Å². The van der Waals surface area contributed by atoms with Gasteiger partial charge in [-0.15, -0.1) is 23.2 Å². The average molecular weight is 669 g/mol. The van der Waals surface area contributed by atoms with Crippen LogP contribution in [0.25, 0.3) is 0 Å². The Bertz CT molecular complexity index is 1620. The van der Waals surface area contributed by atoms with Crippen LogP contribution in [0.2, 0.25) is 5.02 Å². The molecule has 3 aromatic carbocycles. The van der Waals surface area contributed by atoms with Crippen LogP contribution in [0.15, 0.2) is 48.5 Å². The Hall–Kier alpha value is -3.52. The first kappa shape index (κ1) is 32.4. The minimum atomic E-state index is -4.99. The Labute approximate surface area is 254 Å². The van der Waals surface area contributed by atoms with Gasteiger partial charge < -0.3 is 20.7 Å². The molecule has 16 heteroatoms. The fourth-order valence-corrected chi connectivity index (χ4v) is 5.27. The van der Waals surface area contributed by atoms with Crippen LogP contribution < -0.4 is 16.0 Å². The zero-order valence-corrected chi connectivity index (χ0v) is 23.8. The quantitative estimate of drug-likeness (QED) is 0.176. The van der Waals surface area contributed by atoms with Gasteiger partial charge in [-0.3, -0.25) is 14.4 Å². The summed E-state index contributed by atoms with van der Waals surface area (Å²) in [4.78, 5) is 37.5. The third-order valence-electron chi connectivity index (χ3n) is 6.35. The number of rotatable bonds is 8. The van der Waals surface area contributed by atoms with Gasteiger partial charge in [0, 0.05) is 18.7 Å². The second-order valence-electron chi connectivity index (χ2n) is 9.27. The third kappa shape index (κ3) is 6.85. The topological polar surface area (TPSA) is 96.5 Å². The van der Waals surface area contributed by atoms with E-state index >= 15 is 0 Å². The fraction of sp³-hybridized carbons (Fsp3) is 0.222. The monoisotopic (exact) mass is 667 g/mol. The van der Waals surface area contributed by atoms with Crippen LogP contribution in [0.4, 0.5) is 43.4 Å². The van der Waals surface area contributed by atoms with Crippen LogP contribution in [0.1, 0.15) is 27.4 Å². The molecule has 0 aromatic heterocycles. The maximum atomic E-state index is 14.9. The molecule has 4 rings (SSSR count). The molecule has 2 atom stereocenters. The minimum absolute atomic E-state index is 0.0293. The molecule has 1 saturated carbocycles. The van der Waals surface area contributed by atoms with E-state index in [1.54, 1.807) is 0 Å². The lowest BCUT2D eigenvalue weighted by Crippen LogP contribution is -2.21. The van der Waals surface area contributed by atoms with Gasteiger partial charge in [0.2, 0.25) is 5.91 Å². The molecule has 1 fully saturated rings. The molecule has 0 spiro atoms. The predicted octanol–water partition coefficient (Wildman–Crippen LogP) is 7.14. The highest BCUT2D eigenvalue weighted by molar-refractivity contribution is 6.53. The maximum Gasteiger partial charge on any atom is 0.419 e. The van der Waals surface area contributed by atoms with Crippen LogP contribution in [0, 0.1) is 23.4 Å². The average Bonchev–Trinajstić information content (AvgIpc) is 3.49. The zero-order valence-electron chi connectivity index (χ0n) is 21.5. The van der Waals surface area contributed by atoms with E-state index in [0.717, 1.165) is 18.2 Å². The number of hydrogen-bond acceptors (Lipinski definition) is 4. The number of anilines is 3. The molecule has 228 valence electrons. The Balaban J connectivity index is 1.51. The molecule has 1 aliphatic rings. The molecule has 0 aliphatic heterocycles. The standard InChI is InChI=1S/C27H18Cl3F6N3O4/c1-43-10-19(40)39-23-17(32)7-4-13(22(23)33)24(41)38-18-9-12(3-5-15(18)28)37-25(42)21-20(26(21,29)30)11-2-6-16(31)14(8-11)27(34,35)36/h2-9,20-21H,10H2,1H3,(H,37,42)(H,38,41)(H,39,40)/t20-,21+/m0/s1. The number of nitrogens with one attached hydrogen (secondary N) is 3. The van der Waals surface area contributed by atoms with E-state index in [0.29, 0.717) is 12.1 Å². The molecule has 3 amide bonds. The number of carbonyl (C=O) groups excluding carboxylic acids is 3. The maximum absolute atomic E-state index is 14.9. The number of carbonyl (C=O) groups is 3. The summed E-state index contributed by atoms with van der Waals surface area (Å²) < 4.78 is 85.1. The van der Waals surface area contributed by atoms with Gasteiger partial charge in [0.1, 0.15) is 28.3 Å². The largest absolute Gasteiger partial charge is 0.419 e. The molecular formula is C27H18Cl3F6N3O4. The van der Waals surface area contributed by atoms with E-state index in [1.165, 1.54) is 25.3 Å². The van der Waals surface area contributed by atoms with Crippen molar-refractivity contribution in [1.82, 2.24) is 0 Å². The van der Waals surface area contributed by atoms with Gasteiger partial charge in [0.25, 0.3) is 11.8 Å². The number of benzene rings is 3. The molecule has 7 nitrogen and oxygen atoms in total. The normalized spacial score (nSPS) is 17.3. The summed E-state index contributed by atoms with van der Waals surface area (Å²) in [6.07, 6.45) is -4.99. The number of alkyl halides is 5. The van der Waals surface area contributed by atoms with Crippen LogP contribution in [0.3, 0.4) is 0 Å². The molecular weight excluding hydrogens is 651 g/mol. The number of ether oxygens (including phenoxy) is 1. The molecule has 3 aromatic rings. The van der Waals surface area contributed by atoms with Gasteiger partial charge in [-0.05, 0) is 48.0 Å². The van der Waals surface area contributed by atoms with E-state index in [9.17, 15) is 40.7 Å². The zero-order chi connectivity index (χ0) is 31.9. The summed E-state index contributed by atoms with van der Waals surface area (Å²) in [6, 6.07) is 7.53. The van der Waals surface area contributed by atoms with Crippen LogP contribution in [0.5, 0.6) is 0 Å². The summed E-state index contributed by atoms with van der Waals surface area (Å²) >= 11 is 18.6. The first-order chi connectivity index (χ1) is 20.1. The molecule has 0 bridgehead atoms. The lowest BCUT2D eigenvalue weighted by Gasteiger charge is -2.13. The van der Waals surface area contributed by atoms with E-state index in [-0.39, 0.29) is 22.0 Å². The number of amides is 3. The summed E-state index contributed by atoms with van der Waals surface area (Å²) in [5.74, 6) is -9.16. The van der Waals surface area contributed by atoms with E-state index in [4.69, 9.17) is 34.8 Å². The lowest BCUT2D eigenvalue weighted by atomic mass is 10.0. The van der Waals surface area contributed by atoms with Crippen molar-refractivity contribution in [3.63, 3.8) is 0 Å². The number of hydrogen-bond donors (Lipinski definition) is 3. The molecule has 0 saturated heterocycles. The highest BCUT2D eigenvalue weighted by atomic mass is 35.5. The highest BCUT2D eigenvalue weighted by Crippen LogP contribution is 2.65. The van der Waals surface area contributed by atoms with Crippen LogP contribution in [-0.2, 0) is 20.5 Å². The van der Waals surface area contributed by atoms with Crippen molar-refractivity contribution in [2.45, 2.75) is 16.4 Å². The van der Waals surface area contributed by atoms with E-state index in [2.05, 4.69) is 15.4 Å². The van der Waals surface area contributed by atoms with Crippen molar-refractivity contribution in [3.8, 4) is 0 Å². The van der Waals surface area contributed by atoms with Gasteiger partial charge in [-0.25, -0.2) is 13.2 Å². The second-order valence-corrected chi connectivity index (χ2v) is 11.1. The van der Waals surface area contributed by atoms with Crippen molar-refractivity contribution in [2.24, 2.45) is 5.92 Å². The number of methoxy groups -OCH3 is 1. The van der Waals surface area contributed by atoms with Gasteiger partial charge in [-0.1, -0.05) is 17.7 Å². The van der Waals surface area contributed by atoms with E-state index < -0.39 is 80.9 Å². The Morgan fingerprint density at radius 1 is 0.930 bits per heavy atom. The van der Waals surface area contributed by atoms with Crippen LogP contribution in [-0.4, -0.2) is 35.8 Å². The van der Waals surface area contributed by atoms with Gasteiger partial charge in [0.05, 0.1) is 27.8 Å². The van der Waals surface area contributed by atoms with Crippen molar-refractivity contribution in [2.75, 3.05) is 29.7 Å². The fourth-order valence-electron chi connectivity index (χ4n) is 4.28. The molecule has 0 unspecified atom stereocenters. The van der Waals surface area contributed by atoms with Gasteiger partial charge >= 0.3 is 6.18 Å². The van der Waals surface area contributed by atoms with Crippen molar-refractivity contribution < 1.29 is 45.5 Å². The summed E-state index contributed by atoms with van der Waals surface area (Å²) in [7, 11) is 1.19. The summed E-state index contributed by atoms with van der Waals surface area (Å²) in [6.45, 7) is -0.502. The van der Waals surface area contributed by atoms with E-state index in [1.807, 2.05) is 5.32 Å². The summed E-state index contributed by atoms with van der Waals surface area (Å²) in [5.41, 5.74) is -3.28. The first-order valence-electron chi connectivity index (χ1n) is 12.0. The first-order valence-corrected chi connectivity index (χ1v) is 13.1. The van der Waals surface area contributed by atoms with Gasteiger partial charge in [0.15, 0.2) is 5.82 Å². The molecule has 3 N–H and O–H groups in total. The minimum Gasteiger partial charge on any atom is -0.375 e. The molecule has 1 aliphatic carbocycles. The molecule has 0 heterocycles. The summed E-state index contributed by atoms with van der Waals surface area (Å²) in [5, 5.41) is 6.69. The Morgan fingerprint density at radius 2 is 1.60 bits per heavy atom. The number of halogens is 9. The third-order valence-corrected chi connectivity index (χ3v) is 7.62. The smallest absolute Gasteiger partial charge is 0.375 e. The molecule has 43 heavy (non-hydrogen) atoms. The van der Waals surface area contributed by atoms with Crippen molar-refractivity contribution in [1.29, 1.82) is 0 Å². The highest BCUT2D eigenvalue weighted by Gasteiger charge is 2.67. The lowest BCUT2D eigenvalue weighted by molar-refractivity contribution is -0.140. The Morgan fingerprint density at radius 3 is 2.26 bits per heavy atom. The van der Waals surface area contributed by atoms with Crippen molar-refractivity contribution >= 4 is 69.6 Å². The predicted molar refractivity (Wildman–Crippen MR) is 147 cm³/mol. The van der Waals surface area contributed by atoms with Crippen molar-refractivity contribution in [3.05, 3.63) is 87.7 Å². The molecule has 0 radical (unpaired) electrons. The Kier molecular flexibility index (Phi) is 9.21. The van der Waals surface area contributed by atoms with Crippen LogP contribution >= 0.6 is 34.8 Å². The SMILES string of the molecule is COCC(=O)Nc1c(F)ccc(C(=O)Nc2cc(NC(=O)[C@H]3[C@H](c4ccc(F)c(C(F)(F)F)c4)C3(Cl)Cl)ccc2Cl)c1F.